The number of hydrogen-bond donors (Lipinski definition) is 0. The normalized spacial score (nSPS) is 17.2. The predicted molar refractivity (Wildman–Crippen MR) is 115 cm³/mol. The fraction of sp³-hybridized carbons (Fsp3) is 0.250. The van der Waals surface area contributed by atoms with Gasteiger partial charge in [0.25, 0.3) is 0 Å². The summed E-state index contributed by atoms with van der Waals surface area (Å²) in [6.45, 7) is 8.13. The van der Waals surface area contributed by atoms with Crippen LogP contribution in [0.1, 0.15) is 27.7 Å². The Morgan fingerprint density at radius 3 is 1.41 bits per heavy atom. The molecule has 0 atom stereocenters. The van der Waals surface area contributed by atoms with Crippen molar-refractivity contribution in [3.05, 3.63) is 78.9 Å². The number of benzene rings is 3. The lowest BCUT2D eigenvalue weighted by molar-refractivity contribution is 0.00578. The summed E-state index contributed by atoms with van der Waals surface area (Å²) < 4.78 is 25.0. The Hall–Kier alpha value is -2.76. The summed E-state index contributed by atoms with van der Waals surface area (Å²) in [6.07, 6.45) is 0. The van der Waals surface area contributed by atoms with Crippen molar-refractivity contribution < 1.29 is 18.8 Å². The van der Waals surface area contributed by atoms with Crippen molar-refractivity contribution in [2.75, 3.05) is 0 Å². The minimum Gasteiger partial charge on any atom is -0.458 e. The van der Waals surface area contributed by atoms with E-state index in [2.05, 4.69) is 0 Å². The van der Waals surface area contributed by atoms with Gasteiger partial charge in [-0.15, -0.1) is 0 Å². The summed E-state index contributed by atoms with van der Waals surface area (Å²) in [5.41, 5.74) is -0.206. The highest BCUT2D eigenvalue weighted by Gasteiger charge is 2.53. The molecule has 1 saturated heterocycles. The molecule has 29 heavy (non-hydrogen) atoms. The van der Waals surface area contributed by atoms with E-state index in [-0.39, 0.29) is 0 Å². The van der Waals surface area contributed by atoms with E-state index < -0.39 is 18.3 Å². The minimum atomic E-state index is -0.612. The molecule has 0 aromatic heterocycles. The number of para-hydroxylation sites is 2. The van der Waals surface area contributed by atoms with Crippen LogP contribution in [0, 0.1) is 0 Å². The summed E-state index contributed by atoms with van der Waals surface area (Å²) >= 11 is 0. The van der Waals surface area contributed by atoms with Crippen molar-refractivity contribution in [1.29, 1.82) is 0 Å². The maximum atomic E-state index is 6.32. The molecule has 0 aliphatic carbocycles. The van der Waals surface area contributed by atoms with Gasteiger partial charge in [0, 0.05) is 0 Å². The molecule has 4 rings (SSSR count). The van der Waals surface area contributed by atoms with Gasteiger partial charge in [0.05, 0.1) is 16.7 Å². The van der Waals surface area contributed by atoms with Crippen LogP contribution in [0.3, 0.4) is 0 Å². The average molecular weight is 388 g/mol. The van der Waals surface area contributed by atoms with E-state index in [1.54, 1.807) is 0 Å². The Kier molecular flexibility index (Phi) is 5.11. The zero-order valence-electron chi connectivity index (χ0n) is 17.2. The molecular weight excluding hydrogens is 363 g/mol. The van der Waals surface area contributed by atoms with E-state index in [0.717, 1.165) is 17.0 Å². The molecule has 1 aliphatic heterocycles. The monoisotopic (exact) mass is 388 g/mol. The van der Waals surface area contributed by atoms with Crippen LogP contribution in [-0.2, 0) is 9.31 Å². The van der Waals surface area contributed by atoms with E-state index in [1.807, 2.05) is 107 Å². The smallest absolute Gasteiger partial charge is 0.458 e. The van der Waals surface area contributed by atoms with Gasteiger partial charge in [-0.1, -0.05) is 42.5 Å². The van der Waals surface area contributed by atoms with Gasteiger partial charge in [-0.25, -0.2) is 0 Å². The topological polar surface area (TPSA) is 36.9 Å². The van der Waals surface area contributed by atoms with Gasteiger partial charge < -0.3 is 18.8 Å². The summed E-state index contributed by atoms with van der Waals surface area (Å²) in [5, 5.41) is 0. The second-order valence-corrected chi connectivity index (χ2v) is 8.09. The molecule has 1 fully saturated rings. The fourth-order valence-electron chi connectivity index (χ4n) is 3.13. The molecule has 148 valence electrons. The van der Waals surface area contributed by atoms with Gasteiger partial charge in [0.2, 0.25) is 0 Å². The Labute approximate surface area is 172 Å². The van der Waals surface area contributed by atoms with Gasteiger partial charge in [-0.2, -0.15) is 0 Å². The standard InChI is InChI=1S/C24H25BO4/c1-23(2)24(3,4)29-25(28-23)22-20(26-18-12-7-5-8-13-18)16-11-17-21(22)27-19-14-9-6-10-15-19/h5-17H,1-4H3. The number of hydrogen-bond acceptors (Lipinski definition) is 4. The van der Waals surface area contributed by atoms with Crippen molar-refractivity contribution in [3.8, 4) is 23.0 Å². The van der Waals surface area contributed by atoms with Crippen LogP contribution in [0.2, 0.25) is 0 Å². The first kappa shape index (κ1) is 19.6. The molecule has 5 heteroatoms. The van der Waals surface area contributed by atoms with Gasteiger partial charge in [-0.05, 0) is 64.1 Å². The molecule has 3 aromatic rings. The van der Waals surface area contributed by atoms with E-state index in [0.29, 0.717) is 11.5 Å². The third kappa shape index (κ3) is 4.02. The first-order chi connectivity index (χ1) is 13.9. The average Bonchev–Trinajstić information content (AvgIpc) is 2.90. The maximum absolute atomic E-state index is 6.32. The first-order valence-corrected chi connectivity index (χ1v) is 9.80. The molecule has 0 spiro atoms. The van der Waals surface area contributed by atoms with E-state index in [9.17, 15) is 0 Å². The molecule has 1 aliphatic rings. The van der Waals surface area contributed by atoms with E-state index in [1.165, 1.54) is 0 Å². The lowest BCUT2D eigenvalue weighted by Gasteiger charge is -2.32. The molecule has 0 unspecified atom stereocenters. The molecule has 0 N–H and O–H groups in total. The van der Waals surface area contributed by atoms with Crippen molar-refractivity contribution in [2.24, 2.45) is 0 Å². The highest BCUT2D eigenvalue weighted by Crippen LogP contribution is 2.39. The Morgan fingerprint density at radius 1 is 0.586 bits per heavy atom. The van der Waals surface area contributed by atoms with Crippen molar-refractivity contribution in [1.82, 2.24) is 0 Å². The number of rotatable bonds is 5. The zero-order chi connectivity index (χ0) is 20.5. The SMILES string of the molecule is CC1(C)OB(c2c(Oc3ccccc3)cccc2Oc2ccccc2)OC1(C)C. The van der Waals surface area contributed by atoms with Gasteiger partial charge in [0.1, 0.15) is 23.0 Å². The largest absolute Gasteiger partial charge is 0.502 e. The van der Waals surface area contributed by atoms with Crippen LogP contribution >= 0.6 is 0 Å². The molecular formula is C24H25BO4. The van der Waals surface area contributed by atoms with Crippen molar-refractivity contribution in [2.45, 2.75) is 38.9 Å². The van der Waals surface area contributed by atoms with Crippen molar-refractivity contribution >= 4 is 12.6 Å². The van der Waals surface area contributed by atoms with E-state index in [4.69, 9.17) is 18.8 Å². The Balaban J connectivity index is 1.76. The molecule has 0 radical (unpaired) electrons. The maximum Gasteiger partial charge on any atom is 0.502 e. The zero-order valence-corrected chi connectivity index (χ0v) is 17.2. The second-order valence-electron chi connectivity index (χ2n) is 8.09. The molecule has 0 saturated carbocycles. The van der Waals surface area contributed by atoms with Gasteiger partial charge in [0.15, 0.2) is 0 Å². The summed E-state index contributed by atoms with van der Waals surface area (Å²) in [5.74, 6) is 2.76. The molecule has 3 aromatic carbocycles. The van der Waals surface area contributed by atoms with Gasteiger partial charge >= 0.3 is 7.12 Å². The Bertz CT molecular complexity index is 895. The third-order valence-electron chi connectivity index (χ3n) is 5.46. The van der Waals surface area contributed by atoms with Crippen LogP contribution in [0.4, 0.5) is 0 Å². The summed E-state index contributed by atoms with van der Waals surface area (Å²) in [4.78, 5) is 0. The van der Waals surface area contributed by atoms with Crippen LogP contribution in [0.25, 0.3) is 0 Å². The third-order valence-corrected chi connectivity index (χ3v) is 5.46. The highest BCUT2D eigenvalue weighted by atomic mass is 16.7. The molecule has 0 amide bonds. The van der Waals surface area contributed by atoms with Crippen molar-refractivity contribution in [3.63, 3.8) is 0 Å². The fourth-order valence-corrected chi connectivity index (χ4v) is 3.13. The summed E-state index contributed by atoms with van der Waals surface area (Å²) in [7, 11) is -0.612. The lowest BCUT2D eigenvalue weighted by Crippen LogP contribution is -2.41. The predicted octanol–water partition coefficient (Wildman–Crippen LogP) is 5.57. The first-order valence-electron chi connectivity index (χ1n) is 9.80. The Morgan fingerprint density at radius 2 is 1.00 bits per heavy atom. The highest BCUT2D eigenvalue weighted by molar-refractivity contribution is 6.64. The summed E-state index contributed by atoms with van der Waals surface area (Å²) in [6, 6.07) is 25.1. The van der Waals surface area contributed by atoms with Crippen LogP contribution < -0.4 is 14.9 Å². The molecule has 0 bridgehead atoms. The van der Waals surface area contributed by atoms with Crippen LogP contribution in [0.5, 0.6) is 23.0 Å². The molecule has 1 heterocycles. The number of ether oxygens (including phenoxy) is 2. The quantitative estimate of drug-likeness (QED) is 0.536. The lowest BCUT2D eigenvalue weighted by atomic mass is 9.77. The van der Waals surface area contributed by atoms with Crippen LogP contribution in [-0.4, -0.2) is 18.3 Å². The molecule has 4 nitrogen and oxygen atoms in total. The minimum absolute atomic E-state index is 0.471. The van der Waals surface area contributed by atoms with Crippen LogP contribution in [0.15, 0.2) is 78.9 Å². The van der Waals surface area contributed by atoms with E-state index >= 15 is 0 Å². The second kappa shape index (κ2) is 7.58. The van der Waals surface area contributed by atoms with Gasteiger partial charge in [-0.3, -0.25) is 0 Å².